The summed E-state index contributed by atoms with van der Waals surface area (Å²) in [5, 5.41) is 2.34. The monoisotopic (exact) mass is 208 g/mol. The van der Waals surface area contributed by atoms with Gasteiger partial charge in [-0.05, 0) is 41.0 Å². The Bertz CT molecular complexity index is 620. The van der Waals surface area contributed by atoms with E-state index in [1.165, 1.54) is 5.39 Å². The Labute approximate surface area is 94.4 Å². The summed E-state index contributed by atoms with van der Waals surface area (Å²) in [4.78, 5) is 12.0. The lowest BCUT2D eigenvalue weighted by Crippen LogP contribution is -1.97. The second kappa shape index (κ2) is 3.31. The summed E-state index contributed by atoms with van der Waals surface area (Å²) in [5.74, 6) is 0.197. The fourth-order valence-corrected chi connectivity index (χ4v) is 2.26. The van der Waals surface area contributed by atoms with Gasteiger partial charge in [0.1, 0.15) is 0 Å². The highest BCUT2D eigenvalue weighted by molar-refractivity contribution is 6.19. The normalized spacial score (nSPS) is 14.1. The molecule has 0 aromatic heterocycles. The molecule has 1 aliphatic rings. The molecular weight excluding hydrogens is 196 g/mol. The highest BCUT2D eigenvalue weighted by Gasteiger charge is 2.21. The first kappa shape index (κ1) is 9.34. The Balaban J connectivity index is 2.29. The predicted octanol–water partition coefficient (Wildman–Crippen LogP) is 3.83. The van der Waals surface area contributed by atoms with Gasteiger partial charge in [-0.2, -0.15) is 0 Å². The zero-order valence-electron chi connectivity index (χ0n) is 9.16. The largest absolute Gasteiger partial charge is 0.289 e. The van der Waals surface area contributed by atoms with E-state index >= 15 is 0 Å². The number of allylic oxidation sites excluding steroid dienone is 1. The summed E-state index contributed by atoms with van der Waals surface area (Å²) in [6.45, 7) is 2.02. The molecule has 78 valence electrons. The standard InChI is InChI=1S/C15H12O/c1-2-10-7-13-8-11-5-3-4-6-12(11)9-14(13)15(10)16/h3-9H,2H2,1H3. The third-order valence-corrected chi connectivity index (χ3v) is 3.16. The van der Waals surface area contributed by atoms with Crippen molar-refractivity contribution in [2.45, 2.75) is 13.3 Å². The minimum Gasteiger partial charge on any atom is -0.289 e. The van der Waals surface area contributed by atoms with E-state index in [9.17, 15) is 4.79 Å². The van der Waals surface area contributed by atoms with Crippen LogP contribution in [0.2, 0.25) is 0 Å². The lowest BCUT2D eigenvalue weighted by atomic mass is 10.0. The molecule has 2 aromatic rings. The van der Waals surface area contributed by atoms with Gasteiger partial charge in [0.15, 0.2) is 5.78 Å². The van der Waals surface area contributed by atoms with Crippen LogP contribution in [0, 0.1) is 0 Å². The summed E-state index contributed by atoms with van der Waals surface area (Å²) < 4.78 is 0. The van der Waals surface area contributed by atoms with E-state index in [-0.39, 0.29) is 5.78 Å². The van der Waals surface area contributed by atoms with Crippen LogP contribution in [0.1, 0.15) is 29.3 Å². The fourth-order valence-electron chi connectivity index (χ4n) is 2.26. The summed E-state index contributed by atoms with van der Waals surface area (Å²) in [6.07, 6.45) is 2.83. The van der Waals surface area contributed by atoms with Crippen LogP contribution in [0.4, 0.5) is 0 Å². The lowest BCUT2D eigenvalue weighted by molar-refractivity contribution is 0.103. The van der Waals surface area contributed by atoms with Gasteiger partial charge in [-0.1, -0.05) is 31.2 Å². The van der Waals surface area contributed by atoms with Crippen molar-refractivity contribution in [2.24, 2.45) is 0 Å². The first-order valence-corrected chi connectivity index (χ1v) is 5.57. The highest BCUT2D eigenvalue weighted by atomic mass is 16.1. The molecule has 0 fully saturated rings. The number of carbonyl (C=O) groups excluding carboxylic acids is 1. The van der Waals surface area contributed by atoms with Crippen LogP contribution < -0.4 is 0 Å². The Kier molecular flexibility index (Phi) is 1.93. The van der Waals surface area contributed by atoms with Crippen molar-refractivity contribution in [1.82, 2.24) is 0 Å². The minimum absolute atomic E-state index is 0.197. The molecule has 3 rings (SSSR count). The maximum atomic E-state index is 12.0. The molecule has 0 bridgehead atoms. The van der Waals surface area contributed by atoms with Gasteiger partial charge in [-0.15, -0.1) is 0 Å². The van der Waals surface area contributed by atoms with Gasteiger partial charge in [0.2, 0.25) is 0 Å². The van der Waals surface area contributed by atoms with Gasteiger partial charge >= 0.3 is 0 Å². The molecule has 0 heterocycles. The molecule has 0 atom stereocenters. The van der Waals surface area contributed by atoms with E-state index in [0.717, 1.165) is 28.5 Å². The van der Waals surface area contributed by atoms with E-state index in [2.05, 4.69) is 12.1 Å². The summed E-state index contributed by atoms with van der Waals surface area (Å²) in [5.41, 5.74) is 2.85. The smallest absolute Gasteiger partial charge is 0.189 e. The lowest BCUT2D eigenvalue weighted by Gasteiger charge is -2.01. The fraction of sp³-hybridized carbons (Fsp3) is 0.133. The number of hydrogen-bond acceptors (Lipinski definition) is 1. The van der Waals surface area contributed by atoms with Crippen LogP contribution in [-0.4, -0.2) is 5.78 Å². The first-order chi connectivity index (χ1) is 7.79. The maximum absolute atomic E-state index is 12.0. The zero-order chi connectivity index (χ0) is 11.1. The summed E-state index contributed by atoms with van der Waals surface area (Å²) in [7, 11) is 0. The maximum Gasteiger partial charge on any atom is 0.189 e. The average molecular weight is 208 g/mol. The van der Waals surface area contributed by atoms with Crippen molar-refractivity contribution < 1.29 is 4.79 Å². The van der Waals surface area contributed by atoms with Crippen molar-refractivity contribution in [1.29, 1.82) is 0 Å². The van der Waals surface area contributed by atoms with Crippen LogP contribution in [0.15, 0.2) is 42.0 Å². The number of ketones is 1. The molecule has 0 unspecified atom stereocenters. The molecule has 16 heavy (non-hydrogen) atoms. The van der Waals surface area contributed by atoms with E-state index in [4.69, 9.17) is 0 Å². The average Bonchev–Trinajstić information content (AvgIpc) is 2.63. The van der Waals surface area contributed by atoms with Crippen LogP contribution >= 0.6 is 0 Å². The molecule has 0 N–H and O–H groups in total. The van der Waals surface area contributed by atoms with Crippen LogP contribution in [0.3, 0.4) is 0 Å². The molecule has 0 aliphatic heterocycles. The first-order valence-electron chi connectivity index (χ1n) is 5.57. The minimum atomic E-state index is 0.197. The molecule has 0 saturated heterocycles. The molecule has 0 spiro atoms. The number of fused-ring (bicyclic) bond motifs is 2. The van der Waals surface area contributed by atoms with Crippen LogP contribution in [0.25, 0.3) is 16.8 Å². The number of carbonyl (C=O) groups is 1. The molecule has 1 aliphatic carbocycles. The van der Waals surface area contributed by atoms with Gasteiger partial charge in [-0.3, -0.25) is 4.79 Å². The molecule has 1 heteroatoms. The van der Waals surface area contributed by atoms with Crippen molar-refractivity contribution >= 4 is 22.6 Å². The van der Waals surface area contributed by atoms with Crippen LogP contribution in [0.5, 0.6) is 0 Å². The SMILES string of the molecule is CCC1=Cc2cc3ccccc3cc2C1=O. The number of benzene rings is 2. The Morgan fingerprint density at radius 1 is 1.06 bits per heavy atom. The predicted molar refractivity (Wildman–Crippen MR) is 66.5 cm³/mol. The topological polar surface area (TPSA) is 17.1 Å². The quantitative estimate of drug-likeness (QED) is 0.696. The van der Waals surface area contributed by atoms with Crippen molar-refractivity contribution in [3.05, 3.63) is 53.1 Å². The van der Waals surface area contributed by atoms with Crippen molar-refractivity contribution in [2.75, 3.05) is 0 Å². The second-order valence-corrected chi connectivity index (χ2v) is 4.14. The molecule has 0 amide bonds. The molecule has 1 nitrogen and oxygen atoms in total. The second-order valence-electron chi connectivity index (χ2n) is 4.14. The zero-order valence-corrected chi connectivity index (χ0v) is 9.16. The Morgan fingerprint density at radius 3 is 2.44 bits per heavy atom. The van der Waals surface area contributed by atoms with Gasteiger partial charge in [0, 0.05) is 11.1 Å². The molecule has 0 radical (unpaired) electrons. The van der Waals surface area contributed by atoms with E-state index < -0.39 is 0 Å². The van der Waals surface area contributed by atoms with Gasteiger partial charge in [0.25, 0.3) is 0 Å². The van der Waals surface area contributed by atoms with Crippen LogP contribution in [-0.2, 0) is 0 Å². The molecule has 2 aromatic carbocycles. The Morgan fingerprint density at radius 2 is 1.75 bits per heavy atom. The van der Waals surface area contributed by atoms with E-state index in [1.807, 2.05) is 37.3 Å². The van der Waals surface area contributed by atoms with E-state index in [0.29, 0.717) is 0 Å². The number of Topliss-reactive ketones (excluding diaryl/α,β-unsaturated/α-hetero) is 1. The third-order valence-electron chi connectivity index (χ3n) is 3.16. The number of hydrogen-bond donors (Lipinski definition) is 0. The third kappa shape index (κ3) is 1.21. The number of rotatable bonds is 1. The summed E-state index contributed by atoms with van der Waals surface area (Å²) in [6, 6.07) is 12.3. The van der Waals surface area contributed by atoms with Gasteiger partial charge < -0.3 is 0 Å². The molecule has 0 saturated carbocycles. The highest BCUT2D eigenvalue weighted by Crippen LogP contribution is 2.30. The van der Waals surface area contributed by atoms with Crippen molar-refractivity contribution in [3.8, 4) is 0 Å². The van der Waals surface area contributed by atoms with Crippen molar-refractivity contribution in [3.63, 3.8) is 0 Å². The molecular formula is C15H12O. The van der Waals surface area contributed by atoms with Gasteiger partial charge in [0.05, 0.1) is 0 Å². The Hall–Kier alpha value is -1.89. The van der Waals surface area contributed by atoms with Gasteiger partial charge in [-0.25, -0.2) is 0 Å². The summed E-state index contributed by atoms with van der Waals surface area (Å²) >= 11 is 0. The van der Waals surface area contributed by atoms with E-state index in [1.54, 1.807) is 0 Å².